The summed E-state index contributed by atoms with van der Waals surface area (Å²) in [6, 6.07) is 5.76. The first kappa shape index (κ1) is 11.4. The maximum absolute atomic E-state index is 11.2. The molecule has 1 rings (SSSR count). The first-order chi connectivity index (χ1) is 7.00. The van der Waals surface area contributed by atoms with Crippen LogP contribution in [0.5, 0.6) is 5.75 Å². The van der Waals surface area contributed by atoms with Crippen molar-refractivity contribution < 1.29 is 14.3 Å². The second kappa shape index (κ2) is 4.70. The lowest BCUT2D eigenvalue weighted by atomic mass is 10.1. The maximum atomic E-state index is 11.2. The van der Waals surface area contributed by atoms with E-state index in [0.29, 0.717) is 11.3 Å². The number of esters is 1. The van der Waals surface area contributed by atoms with Gasteiger partial charge in [-0.3, -0.25) is 4.79 Å². The topological polar surface area (TPSA) is 69.4 Å². The van der Waals surface area contributed by atoms with E-state index in [0.717, 1.165) is 0 Å². The number of Topliss-reactive ketones (excluding diaryl/α,β-unsaturated/α-hetero) is 1. The van der Waals surface area contributed by atoms with Crippen LogP contribution in [-0.2, 0) is 4.79 Å². The van der Waals surface area contributed by atoms with E-state index in [-0.39, 0.29) is 5.78 Å². The predicted octanol–water partition coefficient (Wildman–Crippen LogP) is 1.14. The summed E-state index contributed by atoms with van der Waals surface area (Å²) in [5, 5.41) is 0. The summed E-state index contributed by atoms with van der Waals surface area (Å²) < 4.78 is 4.95. The zero-order valence-corrected chi connectivity index (χ0v) is 8.69. The molecule has 0 heterocycles. The zero-order valence-electron chi connectivity index (χ0n) is 8.69. The van der Waals surface area contributed by atoms with Crippen molar-refractivity contribution in [2.75, 3.05) is 0 Å². The lowest BCUT2D eigenvalue weighted by Gasteiger charge is -2.07. The van der Waals surface area contributed by atoms with Crippen LogP contribution in [0.4, 0.5) is 0 Å². The molecule has 4 nitrogen and oxygen atoms in total. The predicted molar refractivity (Wildman–Crippen MR) is 55.7 cm³/mol. The highest BCUT2D eigenvalue weighted by Crippen LogP contribution is 2.14. The van der Waals surface area contributed by atoms with Crippen LogP contribution in [-0.4, -0.2) is 17.8 Å². The number of ketones is 1. The molecule has 2 N–H and O–H groups in total. The van der Waals surface area contributed by atoms with E-state index in [2.05, 4.69) is 0 Å². The number of benzene rings is 1. The minimum atomic E-state index is -0.675. The summed E-state index contributed by atoms with van der Waals surface area (Å²) in [6.07, 6.45) is 0. The molecule has 1 aromatic rings. The van der Waals surface area contributed by atoms with Crippen molar-refractivity contribution >= 4 is 11.8 Å². The minimum absolute atomic E-state index is 0.0753. The van der Waals surface area contributed by atoms with Gasteiger partial charge in [-0.2, -0.15) is 0 Å². The van der Waals surface area contributed by atoms with Gasteiger partial charge in [0.15, 0.2) is 5.78 Å². The molecular weight excluding hydrogens is 194 g/mol. The van der Waals surface area contributed by atoms with Gasteiger partial charge in [-0.05, 0) is 26.0 Å². The monoisotopic (exact) mass is 207 g/mol. The lowest BCUT2D eigenvalue weighted by Crippen LogP contribution is -2.30. The third-order valence-electron chi connectivity index (χ3n) is 1.83. The molecule has 0 saturated carbocycles. The van der Waals surface area contributed by atoms with Crippen molar-refractivity contribution in [2.24, 2.45) is 5.73 Å². The Labute approximate surface area is 88.0 Å². The van der Waals surface area contributed by atoms with Crippen molar-refractivity contribution in [2.45, 2.75) is 19.9 Å². The summed E-state index contributed by atoms with van der Waals surface area (Å²) in [7, 11) is 0. The van der Waals surface area contributed by atoms with Gasteiger partial charge in [0.25, 0.3) is 0 Å². The van der Waals surface area contributed by atoms with Crippen LogP contribution in [0.2, 0.25) is 0 Å². The lowest BCUT2D eigenvalue weighted by molar-refractivity contribution is -0.135. The van der Waals surface area contributed by atoms with Crippen LogP contribution in [0.25, 0.3) is 0 Å². The van der Waals surface area contributed by atoms with Crippen molar-refractivity contribution in [3.8, 4) is 5.75 Å². The summed E-state index contributed by atoms with van der Waals surface area (Å²) in [5.41, 5.74) is 5.84. The third-order valence-corrected chi connectivity index (χ3v) is 1.83. The average molecular weight is 207 g/mol. The third kappa shape index (κ3) is 3.18. The van der Waals surface area contributed by atoms with E-state index < -0.39 is 12.0 Å². The van der Waals surface area contributed by atoms with E-state index in [1.54, 1.807) is 18.2 Å². The van der Waals surface area contributed by atoms with E-state index in [1.165, 1.54) is 19.9 Å². The highest BCUT2D eigenvalue weighted by atomic mass is 16.5. The standard InChI is InChI=1S/C11H13NO3/c1-7(12)11(14)15-10-5-3-4-9(6-10)8(2)13/h3-7H,12H2,1-2H3/t7-/m0/s1. The van der Waals surface area contributed by atoms with E-state index in [4.69, 9.17) is 10.5 Å². The van der Waals surface area contributed by atoms with Crippen LogP contribution in [0.3, 0.4) is 0 Å². The molecule has 15 heavy (non-hydrogen) atoms. The Balaban J connectivity index is 2.83. The first-order valence-corrected chi connectivity index (χ1v) is 4.59. The molecule has 0 fully saturated rings. The Morgan fingerprint density at radius 1 is 1.40 bits per heavy atom. The van der Waals surface area contributed by atoms with Crippen LogP contribution in [0.1, 0.15) is 24.2 Å². The molecule has 0 radical (unpaired) electrons. The number of carbonyl (C=O) groups is 2. The molecule has 0 amide bonds. The van der Waals surface area contributed by atoms with Gasteiger partial charge in [0.05, 0.1) is 0 Å². The Bertz CT molecular complexity index is 385. The van der Waals surface area contributed by atoms with Crippen LogP contribution < -0.4 is 10.5 Å². The Morgan fingerprint density at radius 2 is 2.07 bits per heavy atom. The second-order valence-electron chi connectivity index (χ2n) is 3.29. The summed E-state index contributed by atoms with van der Waals surface area (Å²) >= 11 is 0. The molecule has 0 unspecified atom stereocenters. The van der Waals surface area contributed by atoms with Crippen LogP contribution in [0, 0.1) is 0 Å². The number of carbonyl (C=O) groups excluding carboxylic acids is 2. The molecule has 4 heteroatoms. The van der Waals surface area contributed by atoms with Crippen molar-refractivity contribution in [3.63, 3.8) is 0 Å². The molecule has 1 aromatic carbocycles. The SMILES string of the molecule is CC(=O)c1cccc(OC(=O)[C@H](C)N)c1. The highest BCUT2D eigenvalue weighted by molar-refractivity contribution is 5.94. The van der Waals surface area contributed by atoms with Gasteiger partial charge in [0.1, 0.15) is 11.8 Å². The summed E-state index contributed by atoms with van der Waals surface area (Å²) in [6.45, 7) is 2.99. The van der Waals surface area contributed by atoms with Crippen molar-refractivity contribution in [1.29, 1.82) is 0 Å². The van der Waals surface area contributed by atoms with Crippen molar-refractivity contribution in [3.05, 3.63) is 29.8 Å². The molecule has 0 aliphatic rings. The molecule has 0 saturated heterocycles. The fourth-order valence-corrected chi connectivity index (χ4v) is 0.988. The quantitative estimate of drug-likeness (QED) is 0.458. The van der Waals surface area contributed by atoms with Gasteiger partial charge >= 0.3 is 5.97 Å². The number of hydrogen-bond acceptors (Lipinski definition) is 4. The fourth-order valence-electron chi connectivity index (χ4n) is 0.988. The molecule has 0 bridgehead atoms. The van der Waals surface area contributed by atoms with Gasteiger partial charge < -0.3 is 10.5 Å². The number of ether oxygens (including phenoxy) is 1. The maximum Gasteiger partial charge on any atom is 0.328 e. The molecular formula is C11H13NO3. The number of nitrogens with two attached hydrogens (primary N) is 1. The Kier molecular flexibility index (Phi) is 3.57. The molecule has 0 aliphatic heterocycles. The Hall–Kier alpha value is -1.68. The van der Waals surface area contributed by atoms with E-state index in [9.17, 15) is 9.59 Å². The van der Waals surface area contributed by atoms with Gasteiger partial charge in [-0.1, -0.05) is 12.1 Å². The van der Waals surface area contributed by atoms with Crippen LogP contribution >= 0.6 is 0 Å². The smallest absolute Gasteiger partial charge is 0.328 e. The van der Waals surface area contributed by atoms with Crippen LogP contribution in [0.15, 0.2) is 24.3 Å². The molecule has 1 atom stereocenters. The number of hydrogen-bond donors (Lipinski definition) is 1. The molecule has 0 aliphatic carbocycles. The zero-order chi connectivity index (χ0) is 11.4. The number of rotatable bonds is 3. The summed E-state index contributed by atoms with van der Waals surface area (Å²) in [5.74, 6) is -0.255. The molecule has 0 spiro atoms. The molecule has 80 valence electrons. The van der Waals surface area contributed by atoms with Gasteiger partial charge in [-0.25, -0.2) is 4.79 Å². The van der Waals surface area contributed by atoms with Gasteiger partial charge in [-0.15, -0.1) is 0 Å². The Morgan fingerprint density at radius 3 is 2.60 bits per heavy atom. The largest absolute Gasteiger partial charge is 0.425 e. The first-order valence-electron chi connectivity index (χ1n) is 4.59. The van der Waals surface area contributed by atoms with Crippen molar-refractivity contribution in [1.82, 2.24) is 0 Å². The van der Waals surface area contributed by atoms with Gasteiger partial charge in [0.2, 0.25) is 0 Å². The van der Waals surface area contributed by atoms with E-state index >= 15 is 0 Å². The average Bonchev–Trinajstić information content (AvgIpc) is 2.18. The normalized spacial score (nSPS) is 11.9. The summed E-state index contributed by atoms with van der Waals surface area (Å²) in [4.78, 5) is 22.2. The highest BCUT2D eigenvalue weighted by Gasteiger charge is 2.10. The van der Waals surface area contributed by atoms with E-state index in [1.807, 2.05) is 0 Å². The minimum Gasteiger partial charge on any atom is -0.425 e. The second-order valence-corrected chi connectivity index (χ2v) is 3.29. The molecule has 0 aromatic heterocycles. The van der Waals surface area contributed by atoms with Gasteiger partial charge in [0, 0.05) is 5.56 Å². The fraction of sp³-hybridized carbons (Fsp3) is 0.273.